The van der Waals surface area contributed by atoms with Crippen molar-refractivity contribution in [1.29, 1.82) is 0 Å². The molecule has 1 fully saturated rings. The van der Waals surface area contributed by atoms with Gasteiger partial charge in [-0.3, -0.25) is 4.29 Å². The molecule has 1 aliphatic heterocycles. The number of halogens is 1. The first-order valence-electron chi connectivity index (χ1n) is 3.10. The largest absolute Gasteiger partial charge is 0.394 e. The zero-order valence-corrected chi connectivity index (χ0v) is 6.31. The van der Waals surface area contributed by atoms with Crippen molar-refractivity contribution in [2.75, 3.05) is 6.61 Å². The number of ether oxygens (including phenoxy) is 1. The molecule has 1 saturated heterocycles. The highest BCUT2D eigenvalue weighted by molar-refractivity contribution is 6.07. The van der Waals surface area contributed by atoms with Crippen LogP contribution in [0.5, 0.6) is 0 Å². The fourth-order valence-electron chi connectivity index (χ4n) is 0.965. The first kappa shape index (κ1) is 9.18. The van der Waals surface area contributed by atoms with Crippen LogP contribution in [0.15, 0.2) is 0 Å². The van der Waals surface area contributed by atoms with Crippen LogP contribution in [0.3, 0.4) is 0 Å². The Kier molecular flexibility index (Phi) is 3.06. The molecule has 4 atom stereocenters. The predicted molar refractivity (Wildman–Crippen MR) is 34.7 cm³/mol. The Morgan fingerprint density at radius 1 is 1.45 bits per heavy atom. The van der Waals surface area contributed by atoms with E-state index in [0.29, 0.717) is 0 Å². The zero-order chi connectivity index (χ0) is 8.43. The van der Waals surface area contributed by atoms with E-state index in [2.05, 4.69) is 9.03 Å². The van der Waals surface area contributed by atoms with E-state index < -0.39 is 24.6 Å². The first-order valence-corrected chi connectivity index (χ1v) is 3.41. The third kappa shape index (κ3) is 1.64. The molecule has 0 aromatic rings. The molecule has 0 spiro atoms. The number of hydrogen-bond donors (Lipinski definition) is 3. The van der Waals surface area contributed by atoms with Crippen LogP contribution in [-0.2, 0) is 9.03 Å². The van der Waals surface area contributed by atoms with Crippen molar-refractivity contribution in [2.45, 2.75) is 24.6 Å². The molecule has 0 aliphatic carbocycles. The van der Waals surface area contributed by atoms with Gasteiger partial charge in [-0.25, -0.2) is 0 Å². The second-order valence-corrected chi connectivity index (χ2v) is 2.47. The average Bonchev–Trinajstić information content (AvgIpc) is 2.26. The van der Waals surface area contributed by atoms with Crippen LogP contribution in [-0.4, -0.2) is 46.5 Å². The Balaban J connectivity index is 2.55. The molecular formula is C5H9ClO5. The Labute approximate surface area is 68.3 Å². The smallest absolute Gasteiger partial charge is 0.186 e. The standard InChI is InChI=1S/C5H9ClO5/c6-11-4-3(8)2(1-7)10-5(4)9/h2-5,7-9H,1H2/t2-,3-,4-,5?/m1/s1. The topological polar surface area (TPSA) is 79.2 Å². The lowest BCUT2D eigenvalue weighted by atomic mass is 10.1. The van der Waals surface area contributed by atoms with Crippen LogP contribution in [0.4, 0.5) is 0 Å². The van der Waals surface area contributed by atoms with Gasteiger partial charge in [0, 0.05) is 0 Å². The van der Waals surface area contributed by atoms with E-state index in [0.717, 1.165) is 0 Å². The number of hydrogen-bond acceptors (Lipinski definition) is 5. The predicted octanol–water partition coefficient (Wildman–Crippen LogP) is -1.40. The lowest BCUT2D eigenvalue weighted by molar-refractivity contribution is -0.127. The Morgan fingerprint density at radius 3 is 2.36 bits per heavy atom. The van der Waals surface area contributed by atoms with Crippen LogP contribution in [0.2, 0.25) is 0 Å². The highest BCUT2D eigenvalue weighted by Gasteiger charge is 2.43. The number of aliphatic hydroxyl groups excluding tert-OH is 3. The Hall–Kier alpha value is 0.0900. The molecule has 1 rings (SSSR count). The molecular weight excluding hydrogens is 176 g/mol. The van der Waals surface area contributed by atoms with Crippen LogP contribution in [0.1, 0.15) is 0 Å². The monoisotopic (exact) mass is 184 g/mol. The van der Waals surface area contributed by atoms with Gasteiger partial charge in [0.25, 0.3) is 0 Å². The summed E-state index contributed by atoms with van der Waals surface area (Å²) in [5, 5.41) is 26.7. The van der Waals surface area contributed by atoms with Gasteiger partial charge < -0.3 is 20.1 Å². The van der Waals surface area contributed by atoms with Gasteiger partial charge >= 0.3 is 0 Å². The SMILES string of the molecule is OC[C@H]1OC(O)[C@H](OCl)[C@@H]1O. The lowest BCUT2D eigenvalue weighted by Crippen LogP contribution is -2.34. The van der Waals surface area contributed by atoms with E-state index in [1.54, 1.807) is 0 Å². The number of rotatable bonds is 2. The summed E-state index contributed by atoms with van der Waals surface area (Å²) in [5.74, 6) is 0. The highest BCUT2D eigenvalue weighted by atomic mass is 35.5. The first-order chi connectivity index (χ1) is 5.20. The molecule has 0 bridgehead atoms. The molecule has 0 amide bonds. The van der Waals surface area contributed by atoms with Crippen LogP contribution < -0.4 is 0 Å². The molecule has 1 heterocycles. The van der Waals surface area contributed by atoms with Crippen molar-refractivity contribution in [3.63, 3.8) is 0 Å². The van der Waals surface area contributed by atoms with Gasteiger partial charge in [-0.05, 0) is 0 Å². The summed E-state index contributed by atoms with van der Waals surface area (Å²) in [6.07, 6.45) is -4.19. The summed E-state index contributed by atoms with van der Waals surface area (Å²) in [5.41, 5.74) is 0. The van der Waals surface area contributed by atoms with Crippen molar-refractivity contribution in [2.24, 2.45) is 0 Å². The second-order valence-electron chi connectivity index (χ2n) is 2.29. The molecule has 0 aromatic carbocycles. The van der Waals surface area contributed by atoms with E-state index in [1.165, 1.54) is 0 Å². The quantitative estimate of drug-likeness (QED) is 0.492. The van der Waals surface area contributed by atoms with Crippen molar-refractivity contribution >= 4 is 11.9 Å². The molecule has 66 valence electrons. The zero-order valence-electron chi connectivity index (χ0n) is 5.55. The Morgan fingerprint density at radius 2 is 2.09 bits per heavy atom. The molecule has 6 heteroatoms. The summed E-state index contributed by atoms with van der Waals surface area (Å²) >= 11 is 4.94. The minimum Gasteiger partial charge on any atom is -0.394 e. The maximum absolute atomic E-state index is 9.16. The van der Waals surface area contributed by atoms with Gasteiger partial charge in [-0.1, -0.05) is 0 Å². The summed E-state index contributed by atoms with van der Waals surface area (Å²) in [7, 11) is 0. The van der Waals surface area contributed by atoms with Gasteiger partial charge in [0.1, 0.15) is 12.2 Å². The molecule has 1 aliphatic rings. The molecule has 5 nitrogen and oxygen atoms in total. The maximum Gasteiger partial charge on any atom is 0.186 e. The van der Waals surface area contributed by atoms with Gasteiger partial charge in [-0.2, -0.15) is 0 Å². The van der Waals surface area contributed by atoms with E-state index in [9.17, 15) is 0 Å². The average molecular weight is 185 g/mol. The van der Waals surface area contributed by atoms with E-state index >= 15 is 0 Å². The van der Waals surface area contributed by atoms with Crippen molar-refractivity contribution in [3.8, 4) is 0 Å². The van der Waals surface area contributed by atoms with Crippen molar-refractivity contribution < 1.29 is 24.3 Å². The van der Waals surface area contributed by atoms with Crippen LogP contribution >= 0.6 is 11.9 Å². The maximum atomic E-state index is 9.16. The minimum absolute atomic E-state index is 0.380. The van der Waals surface area contributed by atoms with E-state index in [-0.39, 0.29) is 6.61 Å². The van der Waals surface area contributed by atoms with Crippen molar-refractivity contribution in [1.82, 2.24) is 0 Å². The highest BCUT2D eigenvalue weighted by Crippen LogP contribution is 2.22. The van der Waals surface area contributed by atoms with Crippen molar-refractivity contribution in [3.05, 3.63) is 0 Å². The van der Waals surface area contributed by atoms with Gasteiger partial charge in [0.15, 0.2) is 12.4 Å². The molecule has 0 radical (unpaired) electrons. The fourth-order valence-corrected chi connectivity index (χ4v) is 1.16. The summed E-state index contributed by atoms with van der Waals surface area (Å²) in [6, 6.07) is 0. The van der Waals surface area contributed by atoms with Crippen LogP contribution in [0.25, 0.3) is 0 Å². The van der Waals surface area contributed by atoms with E-state index in [1.807, 2.05) is 0 Å². The van der Waals surface area contributed by atoms with Gasteiger partial charge in [-0.15, -0.1) is 0 Å². The normalized spacial score (nSPS) is 44.7. The van der Waals surface area contributed by atoms with E-state index in [4.69, 9.17) is 27.2 Å². The third-order valence-electron chi connectivity index (χ3n) is 1.60. The molecule has 0 saturated carbocycles. The summed E-state index contributed by atoms with van der Waals surface area (Å²) < 4.78 is 8.88. The molecule has 11 heavy (non-hydrogen) atoms. The van der Waals surface area contributed by atoms with Crippen LogP contribution in [0, 0.1) is 0 Å². The lowest BCUT2D eigenvalue weighted by Gasteiger charge is -2.11. The summed E-state index contributed by atoms with van der Waals surface area (Å²) in [4.78, 5) is 0. The van der Waals surface area contributed by atoms with Gasteiger partial charge in [0.05, 0.1) is 18.5 Å². The third-order valence-corrected chi connectivity index (χ3v) is 1.80. The number of aliphatic hydroxyl groups is 3. The van der Waals surface area contributed by atoms with Gasteiger partial charge in [0.2, 0.25) is 0 Å². The molecule has 0 aromatic heterocycles. The Bertz CT molecular complexity index is 132. The fraction of sp³-hybridized carbons (Fsp3) is 1.00. The molecule has 3 N–H and O–H groups in total. The summed E-state index contributed by atoms with van der Waals surface area (Å²) in [6.45, 7) is -0.380. The minimum atomic E-state index is -1.28. The second kappa shape index (κ2) is 3.66. The molecule has 1 unspecified atom stereocenters.